The Morgan fingerprint density at radius 2 is 1.94 bits per heavy atom. The van der Waals surface area contributed by atoms with Gasteiger partial charge in [0.15, 0.2) is 0 Å². The number of fused-ring (bicyclic) bond motifs is 1. The molecule has 0 aliphatic carbocycles. The fraction of sp³-hybridized carbons (Fsp3) is 0. The summed E-state index contributed by atoms with van der Waals surface area (Å²) >= 11 is 0. The molecular weight excluding hydrogens is 226 g/mol. The predicted molar refractivity (Wildman–Crippen MR) is 67.0 cm³/mol. The second kappa shape index (κ2) is 3.90. The van der Waals surface area contributed by atoms with E-state index < -0.39 is 0 Å². The maximum Gasteiger partial charge on any atom is 0.137 e. The van der Waals surface area contributed by atoms with Crippen LogP contribution in [0.15, 0.2) is 48.8 Å². The lowest BCUT2D eigenvalue weighted by molar-refractivity contribution is 0.477. The zero-order chi connectivity index (χ0) is 12.5. The van der Waals surface area contributed by atoms with Gasteiger partial charge < -0.3 is 9.51 Å². The zero-order valence-corrected chi connectivity index (χ0v) is 9.41. The Hall–Kier alpha value is -2.80. The summed E-state index contributed by atoms with van der Waals surface area (Å²) in [5.74, 6) is 0.196. The Morgan fingerprint density at radius 1 is 1.11 bits per heavy atom. The van der Waals surface area contributed by atoms with Crippen LogP contribution in [0.25, 0.3) is 16.9 Å². The van der Waals surface area contributed by atoms with Crippen molar-refractivity contribution in [1.29, 1.82) is 5.26 Å². The van der Waals surface area contributed by atoms with Crippen molar-refractivity contribution in [3.63, 3.8) is 0 Å². The molecule has 0 fully saturated rings. The number of pyridine rings is 1. The number of rotatable bonds is 1. The van der Waals surface area contributed by atoms with Crippen LogP contribution < -0.4 is 0 Å². The van der Waals surface area contributed by atoms with Gasteiger partial charge >= 0.3 is 0 Å². The van der Waals surface area contributed by atoms with Crippen molar-refractivity contribution in [3.05, 3.63) is 54.4 Å². The number of hydrogen-bond donors (Lipinski definition) is 1. The van der Waals surface area contributed by atoms with Crippen molar-refractivity contribution in [1.82, 2.24) is 9.38 Å². The van der Waals surface area contributed by atoms with Crippen LogP contribution >= 0.6 is 0 Å². The van der Waals surface area contributed by atoms with Gasteiger partial charge in [-0.15, -0.1) is 0 Å². The summed E-state index contributed by atoms with van der Waals surface area (Å²) in [7, 11) is 0. The molecule has 1 N–H and O–H groups in total. The Morgan fingerprint density at radius 3 is 2.72 bits per heavy atom. The fourth-order valence-electron chi connectivity index (χ4n) is 1.88. The number of aromatic nitrogens is 2. The molecule has 0 unspecified atom stereocenters. The lowest BCUT2D eigenvalue weighted by atomic mass is 10.1. The first-order valence-corrected chi connectivity index (χ1v) is 5.45. The van der Waals surface area contributed by atoms with E-state index in [-0.39, 0.29) is 5.75 Å². The minimum absolute atomic E-state index is 0.196. The van der Waals surface area contributed by atoms with Crippen molar-refractivity contribution in [2.24, 2.45) is 0 Å². The SMILES string of the molecule is N#Cc1ccc2nc(-c3ccccc3O)cn2c1. The molecule has 2 aromatic heterocycles. The second-order valence-corrected chi connectivity index (χ2v) is 3.94. The van der Waals surface area contributed by atoms with Gasteiger partial charge in [0.2, 0.25) is 0 Å². The smallest absolute Gasteiger partial charge is 0.137 e. The summed E-state index contributed by atoms with van der Waals surface area (Å²) < 4.78 is 1.78. The minimum atomic E-state index is 0.196. The van der Waals surface area contributed by atoms with E-state index in [1.54, 1.807) is 41.1 Å². The van der Waals surface area contributed by atoms with E-state index in [2.05, 4.69) is 11.1 Å². The van der Waals surface area contributed by atoms with Gasteiger partial charge in [0, 0.05) is 18.0 Å². The molecule has 18 heavy (non-hydrogen) atoms. The molecule has 1 aromatic carbocycles. The number of imidazole rings is 1. The third-order valence-electron chi connectivity index (χ3n) is 2.76. The van der Waals surface area contributed by atoms with Crippen molar-refractivity contribution in [2.45, 2.75) is 0 Å². The minimum Gasteiger partial charge on any atom is -0.507 e. The van der Waals surface area contributed by atoms with Gasteiger partial charge in [-0.1, -0.05) is 12.1 Å². The van der Waals surface area contributed by atoms with E-state index in [1.165, 1.54) is 0 Å². The number of hydrogen-bond acceptors (Lipinski definition) is 3. The highest BCUT2D eigenvalue weighted by atomic mass is 16.3. The van der Waals surface area contributed by atoms with Crippen LogP contribution in [0.2, 0.25) is 0 Å². The normalized spacial score (nSPS) is 10.4. The van der Waals surface area contributed by atoms with E-state index in [4.69, 9.17) is 5.26 Å². The number of aromatic hydroxyl groups is 1. The Kier molecular flexibility index (Phi) is 2.24. The van der Waals surface area contributed by atoms with Gasteiger partial charge in [0.25, 0.3) is 0 Å². The summed E-state index contributed by atoms with van der Waals surface area (Å²) in [6, 6.07) is 12.6. The Balaban J connectivity index is 2.20. The van der Waals surface area contributed by atoms with Gasteiger partial charge in [-0.05, 0) is 24.3 Å². The van der Waals surface area contributed by atoms with Crippen LogP contribution in [-0.4, -0.2) is 14.5 Å². The van der Waals surface area contributed by atoms with Crippen LogP contribution in [0.5, 0.6) is 5.75 Å². The van der Waals surface area contributed by atoms with Crippen molar-refractivity contribution in [3.8, 4) is 23.1 Å². The quantitative estimate of drug-likeness (QED) is 0.705. The topological polar surface area (TPSA) is 61.3 Å². The number of benzene rings is 1. The van der Waals surface area contributed by atoms with Crippen LogP contribution in [-0.2, 0) is 0 Å². The zero-order valence-electron chi connectivity index (χ0n) is 9.41. The summed E-state index contributed by atoms with van der Waals surface area (Å²) in [5, 5.41) is 18.6. The average molecular weight is 235 g/mol. The number of nitrogens with zero attached hydrogens (tertiary/aromatic N) is 3. The maximum absolute atomic E-state index is 9.79. The van der Waals surface area contributed by atoms with Gasteiger partial charge in [-0.25, -0.2) is 4.98 Å². The van der Waals surface area contributed by atoms with E-state index in [1.807, 2.05) is 12.1 Å². The van der Waals surface area contributed by atoms with Gasteiger partial charge in [-0.3, -0.25) is 0 Å². The average Bonchev–Trinajstić information content (AvgIpc) is 2.81. The third kappa shape index (κ3) is 1.59. The lowest BCUT2D eigenvalue weighted by Gasteiger charge is -1.98. The number of phenols is 1. The highest BCUT2D eigenvalue weighted by Crippen LogP contribution is 2.27. The summed E-state index contributed by atoms with van der Waals surface area (Å²) in [4.78, 5) is 4.41. The van der Waals surface area contributed by atoms with E-state index in [0.29, 0.717) is 16.8 Å². The monoisotopic (exact) mass is 235 g/mol. The van der Waals surface area contributed by atoms with Gasteiger partial charge in [-0.2, -0.15) is 5.26 Å². The molecule has 3 aromatic rings. The molecular formula is C14H9N3O. The largest absolute Gasteiger partial charge is 0.507 e. The Labute approximate surface area is 103 Å². The van der Waals surface area contributed by atoms with Gasteiger partial charge in [0.05, 0.1) is 11.3 Å². The molecule has 0 saturated carbocycles. The van der Waals surface area contributed by atoms with E-state index in [0.717, 1.165) is 5.65 Å². The number of nitriles is 1. The molecule has 3 rings (SSSR count). The second-order valence-electron chi connectivity index (χ2n) is 3.94. The summed E-state index contributed by atoms with van der Waals surface area (Å²) in [6.45, 7) is 0. The standard InChI is InChI=1S/C14H9N3O/c15-7-10-5-6-14-16-12(9-17(14)8-10)11-3-1-2-4-13(11)18/h1-6,8-9,18H. The predicted octanol–water partition coefficient (Wildman–Crippen LogP) is 2.58. The molecule has 0 aliphatic rings. The number of phenolic OH excluding ortho intramolecular Hbond substituents is 1. The first kappa shape index (κ1) is 10.4. The molecule has 4 nitrogen and oxygen atoms in total. The molecule has 0 aliphatic heterocycles. The molecule has 0 bridgehead atoms. The third-order valence-corrected chi connectivity index (χ3v) is 2.76. The molecule has 0 spiro atoms. The molecule has 86 valence electrons. The summed E-state index contributed by atoms with van der Waals surface area (Å²) in [5.41, 5.74) is 2.68. The van der Waals surface area contributed by atoms with Crippen molar-refractivity contribution in [2.75, 3.05) is 0 Å². The van der Waals surface area contributed by atoms with Crippen molar-refractivity contribution >= 4 is 5.65 Å². The van der Waals surface area contributed by atoms with E-state index >= 15 is 0 Å². The van der Waals surface area contributed by atoms with Crippen molar-refractivity contribution < 1.29 is 5.11 Å². The molecule has 0 saturated heterocycles. The number of para-hydroxylation sites is 1. The lowest BCUT2D eigenvalue weighted by Crippen LogP contribution is -1.83. The molecule has 0 amide bonds. The first-order valence-electron chi connectivity index (χ1n) is 5.45. The molecule has 4 heteroatoms. The fourth-order valence-corrected chi connectivity index (χ4v) is 1.88. The van der Waals surface area contributed by atoms with Crippen LogP contribution in [0, 0.1) is 11.3 Å². The molecule has 0 radical (unpaired) electrons. The molecule has 2 heterocycles. The first-order chi connectivity index (χ1) is 8.78. The Bertz CT molecular complexity index is 768. The van der Waals surface area contributed by atoms with Crippen LogP contribution in [0.3, 0.4) is 0 Å². The summed E-state index contributed by atoms with van der Waals surface area (Å²) in [6.07, 6.45) is 3.51. The van der Waals surface area contributed by atoms with Crippen LogP contribution in [0.4, 0.5) is 0 Å². The van der Waals surface area contributed by atoms with Gasteiger partial charge in [0.1, 0.15) is 17.5 Å². The molecule has 0 atom stereocenters. The highest BCUT2D eigenvalue weighted by Gasteiger charge is 2.08. The highest BCUT2D eigenvalue weighted by molar-refractivity contribution is 5.68. The van der Waals surface area contributed by atoms with E-state index in [9.17, 15) is 5.11 Å². The maximum atomic E-state index is 9.79. The van der Waals surface area contributed by atoms with Crippen LogP contribution in [0.1, 0.15) is 5.56 Å².